The van der Waals surface area contributed by atoms with Crippen molar-refractivity contribution in [2.45, 2.75) is 88.4 Å². The Morgan fingerprint density at radius 2 is 1.76 bits per heavy atom. The summed E-state index contributed by atoms with van der Waals surface area (Å²) in [5.74, 6) is -0.801. The molecule has 1 N–H and O–H groups in total. The second-order valence-electron chi connectivity index (χ2n) is 7.17. The van der Waals surface area contributed by atoms with Crippen LogP contribution in [0.5, 0.6) is 0 Å². The van der Waals surface area contributed by atoms with Gasteiger partial charge in [-0.3, -0.25) is 4.79 Å². The first-order valence-corrected chi connectivity index (χ1v) is 8.69. The highest BCUT2D eigenvalue weighted by Gasteiger charge is 2.41. The van der Waals surface area contributed by atoms with Gasteiger partial charge in [0.25, 0.3) is 0 Å². The van der Waals surface area contributed by atoms with E-state index in [0.29, 0.717) is 6.61 Å². The number of hydrogen-bond donors (Lipinski definition) is 1. The van der Waals surface area contributed by atoms with Gasteiger partial charge in [0.15, 0.2) is 0 Å². The third-order valence-electron chi connectivity index (χ3n) is 5.64. The highest BCUT2D eigenvalue weighted by atomic mass is 16.6. The van der Waals surface area contributed by atoms with Crippen molar-refractivity contribution in [3.05, 3.63) is 0 Å². The molecule has 3 rings (SSSR count). The largest absolute Gasteiger partial charge is 0.481 e. The highest BCUT2D eigenvalue weighted by Crippen LogP contribution is 2.42. The van der Waals surface area contributed by atoms with Crippen molar-refractivity contribution in [2.75, 3.05) is 6.61 Å². The van der Waals surface area contributed by atoms with Crippen LogP contribution in [0.25, 0.3) is 0 Å². The predicted octanol–water partition coefficient (Wildman–Crippen LogP) is 3.53. The number of ether oxygens (including phenoxy) is 2. The molecule has 1 aliphatic heterocycles. The lowest BCUT2D eigenvalue weighted by molar-refractivity contribution is -0.144. The Bertz CT molecular complexity index is 354. The predicted molar refractivity (Wildman–Crippen MR) is 79.3 cm³/mol. The van der Waals surface area contributed by atoms with E-state index < -0.39 is 5.97 Å². The van der Waals surface area contributed by atoms with Gasteiger partial charge < -0.3 is 14.6 Å². The van der Waals surface area contributed by atoms with Crippen LogP contribution in [0.3, 0.4) is 0 Å². The van der Waals surface area contributed by atoms with Crippen molar-refractivity contribution in [3.63, 3.8) is 0 Å². The molecule has 1 spiro atoms. The molecule has 0 aromatic heterocycles. The van der Waals surface area contributed by atoms with Gasteiger partial charge in [0.1, 0.15) is 0 Å². The summed E-state index contributed by atoms with van der Waals surface area (Å²) in [5, 5.41) is 9.01. The molecule has 2 aliphatic carbocycles. The Morgan fingerprint density at radius 1 is 1.05 bits per heavy atom. The van der Waals surface area contributed by atoms with E-state index in [2.05, 4.69) is 0 Å². The molecular formula is C17H28O4. The molecule has 0 aromatic rings. The number of carboxylic acid groups (broad SMARTS) is 1. The summed E-state index contributed by atoms with van der Waals surface area (Å²) >= 11 is 0. The van der Waals surface area contributed by atoms with E-state index in [-0.39, 0.29) is 23.7 Å². The lowest BCUT2D eigenvalue weighted by Crippen LogP contribution is -2.33. The number of rotatable bonds is 4. The van der Waals surface area contributed by atoms with Gasteiger partial charge in [0.2, 0.25) is 0 Å². The van der Waals surface area contributed by atoms with Crippen LogP contribution in [0.4, 0.5) is 0 Å². The highest BCUT2D eigenvalue weighted by molar-refractivity contribution is 5.70. The summed E-state index contributed by atoms with van der Waals surface area (Å²) in [4.78, 5) is 10.9. The molecule has 0 bridgehead atoms. The maximum Gasteiger partial charge on any atom is 0.306 e. The Morgan fingerprint density at radius 3 is 2.43 bits per heavy atom. The minimum Gasteiger partial charge on any atom is -0.481 e. The topological polar surface area (TPSA) is 55.8 Å². The van der Waals surface area contributed by atoms with Gasteiger partial charge in [-0.2, -0.15) is 0 Å². The maximum atomic E-state index is 10.9. The van der Waals surface area contributed by atoms with Gasteiger partial charge in [-0.05, 0) is 51.4 Å². The third-order valence-corrected chi connectivity index (χ3v) is 5.64. The molecule has 3 fully saturated rings. The lowest BCUT2D eigenvalue weighted by atomic mass is 9.83. The van der Waals surface area contributed by atoms with Crippen molar-refractivity contribution in [1.82, 2.24) is 0 Å². The zero-order chi connectivity index (χ0) is 14.7. The molecule has 4 heteroatoms. The van der Waals surface area contributed by atoms with Gasteiger partial charge in [0, 0.05) is 0 Å². The summed E-state index contributed by atoms with van der Waals surface area (Å²) in [7, 11) is 0. The van der Waals surface area contributed by atoms with Crippen LogP contribution in [0.1, 0.15) is 70.6 Å². The summed E-state index contributed by atoms with van der Waals surface area (Å²) in [6.45, 7) is 0.699. The first-order chi connectivity index (χ1) is 10.2. The Balaban J connectivity index is 1.38. The minimum absolute atomic E-state index is 0.155. The monoisotopic (exact) mass is 296 g/mol. The van der Waals surface area contributed by atoms with E-state index >= 15 is 0 Å². The standard InChI is InChI=1S/C17H28O4/c18-16(19)13-4-6-14(7-5-13)20-12-15-8-11-17(21-15)9-2-1-3-10-17/h13-15H,1-12H2,(H,18,19). The molecule has 120 valence electrons. The van der Waals surface area contributed by atoms with E-state index in [1.54, 1.807) is 0 Å². The van der Waals surface area contributed by atoms with Crippen LogP contribution in [0, 0.1) is 5.92 Å². The van der Waals surface area contributed by atoms with E-state index in [9.17, 15) is 4.79 Å². The van der Waals surface area contributed by atoms with Crippen molar-refractivity contribution in [3.8, 4) is 0 Å². The summed E-state index contributed by atoms with van der Waals surface area (Å²) in [6, 6.07) is 0. The van der Waals surface area contributed by atoms with Crippen LogP contribution in [0.15, 0.2) is 0 Å². The summed E-state index contributed by atoms with van der Waals surface area (Å²) in [6.07, 6.45) is 12.6. The van der Waals surface area contributed by atoms with Crippen molar-refractivity contribution in [1.29, 1.82) is 0 Å². The zero-order valence-electron chi connectivity index (χ0n) is 12.9. The fraction of sp³-hybridized carbons (Fsp3) is 0.941. The lowest BCUT2D eigenvalue weighted by Gasteiger charge is -2.33. The average molecular weight is 296 g/mol. The maximum absolute atomic E-state index is 10.9. The molecule has 1 saturated heterocycles. The minimum atomic E-state index is -0.646. The quantitative estimate of drug-likeness (QED) is 0.862. The Hall–Kier alpha value is -0.610. The van der Waals surface area contributed by atoms with Gasteiger partial charge in [-0.25, -0.2) is 0 Å². The molecule has 0 amide bonds. The van der Waals surface area contributed by atoms with Crippen molar-refractivity contribution < 1.29 is 19.4 Å². The van der Waals surface area contributed by atoms with Crippen LogP contribution in [0.2, 0.25) is 0 Å². The molecule has 2 saturated carbocycles. The van der Waals surface area contributed by atoms with Gasteiger partial charge in [0.05, 0.1) is 30.3 Å². The normalized spacial score (nSPS) is 35.9. The average Bonchev–Trinajstić information content (AvgIpc) is 2.89. The van der Waals surface area contributed by atoms with Gasteiger partial charge in [-0.1, -0.05) is 19.3 Å². The van der Waals surface area contributed by atoms with Crippen LogP contribution in [-0.2, 0) is 14.3 Å². The van der Waals surface area contributed by atoms with E-state index in [1.807, 2.05) is 0 Å². The molecule has 0 aromatic carbocycles. The van der Waals surface area contributed by atoms with Gasteiger partial charge in [-0.15, -0.1) is 0 Å². The van der Waals surface area contributed by atoms with E-state index in [0.717, 1.165) is 32.1 Å². The van der Waals surface area contributed by atoms with E-state index in [4.69, 9.17) is 14.6 Å². The SMILES string of the molecule is O=C(O)C1CCC(OCC2CCC3(CCCCC3)O2)CC1. The molecule has 4 nitrogen and oxygen atoms in total. The van der Waals surface area contributed by atoms with Gasteiger partial charge >= 0.3 is 5.97 Å². The third kappa shape index (κ3) is 3.78. The Labute approximate surface area is 127 Å². The second kappa shape index (κ2) is 6.66. The van der Waals surface area contributed by atoms with Crippen LogP contribution < -0.4 is 0 Å². The number of carbonyl (C=O) groups is 1. The van der Waals surface area contributed by atoms with Crippen molar-refractivity contribution in [2.24, 2.45) is 5.92 Å². The van der Waals surface area contributed by atoms with Crippen LogP contribution in [-0.4, -0.2) is 35.5 Å². The number of hydrogen-bond acceptors (Lipinski definition) is 3. The molecule has 21 heavy (non-hydrogen) atoms. The van der Waals surface area contributed by atoms with Crippen LogP contribution >= 0.6 is 0 Å². The number of carboxylic acids is 1. The second-order valence-corrected chi connectivity index (χ2v) is 7.17. The molecular weight excluding hydrogens is 268 g/mol. The summed E-state index contributed by atoms with van der Waals surface area (Å²) < 4.78 is 12.3. The summed E-state index contributed by atoms with van der Waals surface area (Å²) in [5.41, 5.74) is 0.174. The molecule has 1 unspecified atom stereocenters. The fourth-order valence-corrected chi connectivity index (χ4v) is 4.30. The first-order valence-electron chi connectivity index (χ1n) is 8.69. The molecule has 3 aliphatic rings. The molecule has 0 radical (unpaired) electrons. The first kappa shape index (κ1) is 15.3. The molecule has 1 heterocycles. The zero-order valence-corrected chi connectivity index (χ0v) is 12.9. The van der Waals surface area contributed by atoms with E-state index in [1.165, 1.54) is 38.5 Å². The molecule has 1 atom stereocenters. The smallest absolute Gasteiger partial charge is 0.306 e. The Kier molecular flexibility index (Phi) is 4.85. The number of aliphatic carboxylic acids is 1. The van der Waals surface area contributed by atoms with Crippen molar-refractivity contribution >= 4 is 5.97 Å². The fourth-order valence-electron chi connectivity index (χ4n) is 4.30.